The number of hydrogen-bond acceptors (Lipinski definition) is 12. The number of anilines is 1. The van der Waals surface area contributed by atoms with E-state index in [1.54, 1.807) is 0 Å². The summed E-state index contributed by atoms with van der Waals surface area (Å²) in [4.78, 5) is 77.7. The fraction of sp³-hybridized carbons (Fsp3) is 0.500. The monoisotopic (exact) mass is 742 g/mol. The molecule has 0 aliphatic carbocycles. The van der Waals surface area contributed by atoms with Gasteiger partial charge < -0.3 is 63.2 Å². The van der Waals surface area contributed by atoms with Crippen molar-refractivity contribution in [2.24, 2.45) is 22.9 Å². The smallest absolute Gasteiger partial charge is 0.255 e. The van der Waals surface area contributed by atoms with Gasteiger partial charge in [-0.1, -0.05) is 0 Å². The number of nitrogens with two attached hydrogens (primary N) is 4. The number of nitrogens with one attached hydrogen (secondary N) is 4. The van der Waals surface area contributed by atoms with E-state index in [4.69, 9.17) is 37.1 Å². The summed E-state index contributed by atoms with van der Waals surface area (Å²) < 4.78 is 16.2. The van der Waals surface area contributed by atoms with Crippen LogP contribution in [-0.4, -0.2) is 94.9 Å². The summed E-state index contributed by atoms with van der Waals surface area (Å²) in [6.45, 7) is 1.23. The van der Waals surface area contributed by atoms with Crippen molar-refractivity contribution in [1.82, 2.24) is 16.0 Å². The van der Waals surface area contributed by atoms with E-state index >= 15 is 0 Å². The topological polar surface area (TPSA) is 282 Å². The highest BCUT2D eigenvalue weighted by atomic mass is 16.5. The Kier molecular flexibility index (Phi) is 19.3. The standard InChI is InChI=1S/C36H54N8O9/c1-51-29-14-13-22(18-24(29)34(48)43-27(32(40)46)11-5-8-16-38)41-36(50)28(12-6-9-17-39)44-35(49)26-19-25(30(52-2)20-31(26)53-3)33(47)42-23(21-45)10-4-7-15-37/h13-14,18-21,23,27-28H,4-12,15-17,37-39H2,1-3H3,(H2,40,46)(H,41,50)(H,42,47)(H,43,48)(H,44,49)/t23-,27?,28?/m0/s1. The lowest BCUT2D eigenvalue weighted by atomic mass is 10.0. The molecule has 0 heterocycles. The Labute approximate surface area is 309 Å². The summed E-state index contributed by atoms with van der Waals surface area (Å²) in [6, 6.07) is 4.16. The van der Waals surface area contributed by atoms with Crippen molar-refractivity contribution in [3.05, 3.63) is 47.0 Å². The number of methoxy groups -OCH3 is 3. The van der Waals surface area contributed by atoms with Crippen LogP contribution in [0.25, 0.3) is 0 Å². The van der Waals surface area contributed by atoms with Gasteiger partial charge in [0.15, 0.2) is 0 Å². The summed E-state index contributed by atoms with van der Waals surface area (Å²) >= 11 is 0. The summed E-state index contributed by atoms with van der Waals surface area (Å²) in [5.41, 5.74) is 22.4. The number of aldehydes is 1. The van der Waals surface area contributed by atoms with Crippen molar-refractivity contribution in [2.75, 3.05) is 46.3 Å². The predicted octanol–water partition coefficient (Wildman–Crippen LogP) is 0.718. The zero-order valence-corrected chi connectivity index (χ0v) is 30.7. The molecule has 0 radical (unpaired) electrons. The highest BCUT2D eigenvalue weighted by Gasteiger charge is 2.27. The minimum atomic E-state index is -1.10. The molecule has 2 aromatic rings. The van der Waals surface area contributed by atoms with E-state index in [0.717, 1.165) is 0 Å². The van der Waals surface area contributed by atoms with E-state index in [1.165, 1.54) is 51.7 Å². The number of carbonyl (C=O) groups is 6. The Morgan fingerprint density at radius 2 is 1.09 bits per heavy atom. The first-order valence-electron chi connectivity index (χ1n) is 17.5. The summed E-state index contributed by atoms with van der Waals surface area (Å²) in [7, 11) is 4.04. The molecule has 2 rings (SSSR count). The second-order valence-electron chi connectivity index (χ2n) is 12.2. The first-order valence-corrected chi connectivity index (χ1v) is 17.5. The third-order valence-corrected chi connectivity index (χ3v) is 8.34. The van der Waals surface area contributed by atoms with Gasteiger partial charge in [0.25, 0.3) is 17.7 Å². The van der Waals surface area contributed by atoms with E-state index < -0.39 is 47.7 Å². The molecule has 0 aliphatic rings. The fourth-order valence-corrected chi connectivity index (χ4v) is 5.39. The molecule has 0 spiro atoms. The van der Waals surface area contributed by atoms with Gasteiger partial charge in [-0.15, -0.1) is 0 Å². The molecule has 17 heteroatoms. The molecular weight excluding hydrogens is 688 g/mol. The lowest BCUT2D eigenvalue weighted by molar-refractivity contribution is -0.120. The SMILES string of the molecule is COc1ccc(NC(=O)C(CCCCN)NC(=O)c2cc(C(=O)N[C@H](C=O)CCCCN)c(OC)cc2OC)cc1C(=O)NC(CCCCN)C(N)=O. The second kappa shape index (κ2) is 23.3. The van der Waals surface area contributed by atoms with Crippen molar-refractivity contribution in [3.63, 3.8) is 0 Å². The van der Waals surface area contributed by atoms with E-state index in [2.05, 4.69) is 21.3 Å². The Bertz CT molecular complexity index is 1560. The minimum Gasteiger partial charge on any atom is -0.496 e. The van der Waals surface area contributed by atoms with Gasteiger partial charge in [-0.05, 0) is 102 Å². The molecule has 0 saturated carbocycles. The molecule has 53 heavy (non-hydrogen) atoms. The van der Waals surface area contributed by atoms with Gasteiger partial charge in [-0.25, -0.2) is 0 Å². The lowest BCUT2D eigenvalue weighted by Gasteiger charge is -2.21. The lowest BCUT2D eigenvalue weighted by Crippen LogP contribution is -2.44. The van der Waals surface area contributed by atoms with E-state index in [9.17, 15) is 28.8 Å². The minimum absolute atomic E-state index is 0.0315. The van der Waals surface area contributed by atoms with Crippen molar-refractivity contribution < 1.29 is 43.0 Å². The third kappa shape index (κ3) is 13.7. The van der Waals surface area contributed by atoms with Crippen LogP contribution < -0.4 is 58.4 Å². The van der Waals surface area contributed by atoms with Crippen LogP contribution in [0.4, 0.5) is 5.69 Å². The molecule has 5 amide bonds. The van der Waals surface area contributed by atoms with E-state index in [-0.39, 0.29) is 46.0 Å². The Morgan fingerprint density at radius 1 is 0.623 bits per heavy atom. The van der Waals surface area contributed by atoms with Crippen LogP contribution in [0.3, 0.4) is 0 Å². The number of amides is 5. The van der Waals surface area contributed by atoms with Gasteiger partial charge in [0.1, 0.15) is 35.6 Å². The first kappa shape index (κ1) is 43.9. The molecule has 292 valence electrons. The van der Waals surface area contributed by atoms with Gasteiger partial charge in [-0.2, -0.15) is 0 Å². The largest absolute Gasteiger partial charge is 0.496 e. The number of hydrogen-bond donors (Lipinski definition) is 8. The quantitative estimate of drug-likeness (QED) is 0.0516. The number of primary amides is 1. The van der Waals surface area contributed by atoms with Crippen LogP contribution >= 0.6 is 0 Å². The molecule has 0 aromatic heterocycles. The Morgan fingerprint density at radius 3 is 1.58 bits per heavy atom. The van der Waals surface area contributed by atoms with Crippen molar-refractivity contribution in [1.29, 1.82) is 0 Å². The normalized spacial score (nSPS) is 12.4. The third-order valence-electron chi connectivity index (χ3n) is 8.34. The average molecular weight is 743 g/mol. The van der Waals surface area contributed by atoms with Gasteiger partial charge in [0.05, 0.1) is 44.1 Å². The molecule has 17 nitrogen and oxygen atoms in total. The maximum Gasteiger partial charge on any atom is 0.255 e. The molecule has 2 unspecified atom stereocenters. The maximum absolute atomic E-state index is 13.8. The zero-order chi connectivity index (χ0) is 39.3. The molecule has 0 bridgehead atoms. The van der Waals surface area contributed by atoms with E-state index in [1.807, 2.05) is 0 Å². The number of benzene rings is 2. The number of unbranched alkanes of at least 4 members (excludes halogenated alkanes) is 3. The Hall–Kier alpha value is -5.26. The van der Waals surface area contributed by atoms with Crippen LogP contribution in [-0.2, 0) is 14.4 Å². The number of rotatable bonds is 25. The Balaban J connectivity index is 2.38. The summed E-state index contributed by atoms with van der Waals surface area (Å²) in [5, 5.41) is 10.7. The number of ether oxygens (including phenoxy) is 3. The fourth-order valence-electron chi connectivity index (χ4n) is 5.39. The van der Waals surface area contributed by atoms with E-state index in [0.29, 0.717) is 77.3 Å². The molecule has 3 atom stereocenters. The van der Waals surface area contributed by atoms with Crippen molar-refractivity contribution in [2.45, 2.75) is 75.9 Å². The highest BCUT2D eigenvalue weighted by Crippen LogP contribution is 2.30. The average Bonchev–Trinajstić information content (AvgIpc) is 3.15. The molecule has 2 aromatic carbocycles. The van der Waals surface area contributed by atoms with Crippen LogP contribution in [0.5, 0.6) is 17.2 Å². The van der Waals surface area contributed by atoms with Crippen LogP contribution in [0.2, 0.25) is 0 Å². The van der Waals surface area contributed by atoms with Crippen molar-refractivity contribution >= 4 is 41.5 Å². The molecule has 12 N–H and O–H groups in total. The zero-order valence-electron chi connectivity index (χ0n) is 30.7. The second-order valence-corrected chi connectivity index (χ2v) is 12.2. The molecule has 0 saturated heterocycles. The van der Waals surface area contributed by atoms with Gasteiger partial charge in [0, 0.05) is 11.8 Å². The van der Waals surface area contributed by atoms with Crippen LogP contribution in [0, 0.1) is 0 Å². The van der Waals surface area contributed by atoms with Crippen molar-refractivity contribution in [3.8, 4) is 17.2 Å². The number of carbonyl (C=O) groups excluding carboxylic acids is 6. The molecule has 0 aliphatic heterocycles. The maximum atomic E-state index is 13.8. The van der Waals surface area contributed by atoms with Crippen LogP contribution in [0.1, 0.15) is 88.9 Å². The predicted molar refractivity (Wildman–Crippen MR) is 199 cm³/mol. The summed E-state index contributed by atoms with van der Waals surface area (Å²) in [6.07, 6.45) is 5.06. The first-order chi connectivity index (χ1) is 25.5. The van der Waals surface area contributed by atoms with Crippen LogP contribution in [0.15, 0.2) is 30.3 Å². The van der Waals surface area contributed by atoms with Gasteiger partial charge in [-0.3, -0.25) is 24.0 Å². The summed E-state index contributed by atoms with van der Waals surface area (Å²) in [5.74, 6) is -3.02. The highest BCUT2D eigenvalue weighted by molar-refractivity contribution is 6.06. The van der Waals surface area contributed by atoms with Gasteiger partial charge in [0.2, 0.25) is 11.8 Å². The molecular formula is C36H54N8O9. The van der Waals surface area contributed by atoms with Gasteiger partial charge >= 0.3 is 0 Å². The molecule has 0 fully saturated rings.